The van der Waals surface area contributed by atoms with Crippen molar-refractivity contribution in [2.75, 3.05) is 0 Å². The van der Waals surface area contributed by atoms with Gasteiger partial charge in [0.25, 0.3) is 5.91 Å². The lowest BCUT2D eigenvalue weighted by molar-refractivity contribution is -0.121. The zero-order valence-electron chi connectivity index (χ0n) is 12.5. The predicted octanol–water partition coefficient (Wildman–Crippen LogP) is 3.26. The number of hydrogen-bond donors (Lipinski definition) is 1. The Balaban J connectivity index is 1.68. The molecule has 1 heterocycles. The summed E-state index contributed by atoms with van der Waals surface area (Å²) in [7, 11) is 0. The molecule has 3 aromatic rings. The number of hydrogen-bond acceptors (Lipinski definition) is 3. The van der Waals surface area contributed by atoms with Crippen LogP contribution in [0.4, 0.5) is 0 Å². The van der Waals surface area contributed by atoms with Crippen molar-refractivity contribution in [3.05, 3.63) is 64.4 Å². The Bertz CT molecular complexity index is 885. The van der Waals surface area contributed by atoms with Gasteiger partial charge in [-0.1, -0.05) is 40.2 Å². The molecule has 5 nitrogen and oxygen atoms in total. The number of nitrogens with zero attached hydrogens (tertiary/aromatic N) is 3. The van der Waals surface area contributed by atoms with Gasteiger partial charge in [0.2, 0.25) is 0 Å². The van der Waals surface area contributed by atoms with Crippen molar-refractivity contribution in [2.45, 2.75) is 13.5 Å². The summed E-state index contributed by atoms with van der Waals surface area (Å²) >= 11 is 3.39. The molecule has 23 heavy (non-hydrogen) atoms. The van der Waals surface area contributed by atoms with Crippen molar-refractivity contribution in [3.8, 4) is 0 Å². The zero-order chi connectivity index (χ0) is 16.2. The molecule has 0 saturated carbocycles. The molecule has 0 aliphatic rings. The normalized spacial score (nSPS) is 11.2. The van der Waals surface area contributed by atoms with Crippen LogP contribution in [-0.2, 0) is 11.3 Å². The summed E-state index contributed by atoms with van der Waals surface area (Å²) in [5, 5.41) is 3.99. The fourth-order valence-electron chi connectivity index (χ4n) is 2.34. The number of halogens is 1. The molecule has 0 aliphatic heterocycles. The van der Waals surface area contributed by atoms with Crippen LogP contribution in [0.2, 0.25) is 0 Å². The van der Waals surface area contributed by atoms with Crippen LogP contribution in [0.3, 0.4) is 0 Å². The SMILES string of the molecule is Cc1nc2ccccc2n1CC(=O)N/N=C\c1cccc(Br)c1. The van der Waals surface area contributed by atoms with Gasteiger partial charge < -0.3 is 4.57 Å². The van der Waals surface area contributed by atoms with Crippen LogP contribution in [0.5, 0.6) is 0 Å². The smallest absolute Gasteiger partial charge is 0.260 e. The molecule has 1 N–H and O–H groups in total. The molecule has 6 heteroatoms. The third kappa shape index (κ3) is 3.65. The highest BCUT2D eigenvalue weighted by Gasteiger charge is 2.09. The van der Waals surface area contributed by atoms with Gasteiger partial charge in [0.15, 0.2) is 0 Å². The van der Waals surface area contributed by atoms with Crippen LogP contribution in [0.25, 0.3) is 11.0 Å². The highest BCUT2D eigenvalue weighted by Crippen LogP contribution is 2.15. The summed E-state index contributed by atoms with van der Waals surface area (Å²) in [6.07, 6.45) is 1.61. The third-order valence-corrected chi connectivity index (χ3v) is 3.89. The second-order valence-electron chi connectivity index (χ2n) is 5.08. The molecule has 1 amide bonds. The Labute approximate surface area is 142 Å². The lowest BCUT2D eigenvalue weighted by atomic mass is 10.2. The summed E-state index contributed by atoms with van der Waals surface area (Å²) in [6, 6.07) is 15.4. The highest BCUT2D eigenvalue weighted by atomic mass is 79.9. The summed E-state index contributed by atoms with van der Waals surface area (Å²) < 4.78 is 2.84. The Morgan fingerprint density at radius 1 is 1.30 bits per heavy atom. The molecule has 0 saturated heterocycles. The number of imidazole rings is 1. The second-order valence-corrected chi connectivity index (χ2v) is 6.00. The fourth-order valence-corrected chi connectivity index (χ4v) is 2.76. The minimum absolute atomic E-state index is 0.183. The van der Waals surface area contributed by atoms with Gasteiger partial charge in [-0.15, -0.1) is 0 Å². The van der Waals surface area contributed by atoms with Crippen LogP contribution in [0, 0.1) is 6.92 Å². The third-order valence-electron chi connectivity index (χ3n) is 3.40. The maximum Gasteiger partial charge on any atom is 0.260 e. The molecule has 0 fully saturated rings. The molecule has 3 rings (SSSR count). The van der Waals surface area contributed by atoms with E-state index in [1.165, 1.54) is 0 Å². The van der Waals surface area contributed by atoms with Gasteiger partial charge in [0.1, 0.15) is 12.4 Å². The van der Waals surface area contributed by atoms with E-state index in [-0.39, 0.29) is 12.5 Å². The number of carbonyl (C=O) groups is 1. The van der Waals surface area contributed by atoms with Gasteiger partial charge in [-0.25, -0.2) is 10.4 Å². The predicted molar refractivity (Wildman–Crippen MR) is 94.3 cm³/mol. The first-order chi connectivity index (χ1) is 11.1. The first-order valence-corrected chi connectivity index (χ1v) is 7.92. The van der Waals surface area contributed by atoms with E-state index in [4.69, 9.17) is 0 Å². The van der Waals surface area contributed by atoms with Crippen LogP contribution < -0.4 is 5.43 Å². The Morgan fingerprint density at radius 3 is 2.96 bits per heavy atom. The molecule has 0 radical (unpaired) electrons. The average Bonchev–Trinajstić information content (AvgIpc) is 2.83. The monoisotopic (exact) mass is 370 g/mol. The second kappa shape index (κ2) is 6.75. The first-order valence-electron chi connectivity index (χ1n) is 7.13. The maximum absolute atomic E-state index is 12.1. The van der Waals surface area contributed by atoms with Crippen molar-refractivity contribution >= 4 is 39.1 Å². The number of fused-ring (bicyclic) bond motifs is 1. The first kappa shape index (κ1) is 15.4. The van der Waals surface area contributed by atoms with E-state index in [0.717, 1.165) is 26.9 Å². The van der Waals surface area contributed by atoms with Crippen molar-refractivity contribution in [1.29, 1.82) is 0 Å². The number of hydrazone groups is 1. The van der Waals surface area contributed by atoms with E-state index in [1.807, 2.05) is 60.0 Å². The van der Waals surface area contributed by atoms with E-state index in [2.05, 4.69) is 31.4 Å². The molecule has 116 valence electrons. The van der Waals surface area contributed by atoms with E-state index in [1.54, 1.807) is 6.21 Å². The van der Waals surface area contributed by atoms with Gasteiger partial charge in [0, 0.05) is 4.47 Å². The van der Waals surface area contributed by atoms with Gasteiger partial charge in [-0.3, -0.25) is 4.79 Å². The molecule has 2 aromatic carbocycles. The Morgan fingerprint density at radius 2 is 2.13 bits per heavy atom. The van der Waals surface area contributed by atoms with Crippen LogP contribution in [0.1, 0.15) is 11.4 Å². The summed E-state index contributed by atoms with van der Waals surface area (Å²) in [5.41, 5.74) is 5.28. The Hall–Kier alpha value is -2.47. The fraction of sp³-hybridized carbons (Fsp3) is 0.118. The van der Waals surface area contributed by atoms with Gasteiger partial charge in [0.05, 0.1) is 17.2 Å². The maximum atomic E-state index is 12.1. The standard InChI is InChI=1S/C17H15BrN4O/c1-12-20-15-7-2-3-8-16(15)22(12)11-17(23)21-19-10-13-5-4-6-14(18)9-13/h2-10H,11H2,1H3,(H,21,23)/b19-10-. The number of carbonyl (C=O) groups excluding carboxylic acids is 1. The van der Waals surface area contributed by atoms with Crippen LogP contribution >= 0.6 is 15.9 Å². The molecule has 1 aromatic heterocycles. The minimum Gasteiger partial charge on any atom is -0.319 e. The Kier molecular flexibility index (Phi) is 4.52. The van der Waals surface area contributed by atoms with Gasteiger partial charge in [-0.2, -0.15) is 5.10 Å². The van der Waals surface area contributed by atoms with Crippen molar-refractivity contribution < 1.29 is 4.79 Å². The number of para-hydroxylation sites is 2. The number of aromatic nitrogens is 2. The minimum atomic E-state index is -0.192. The number of nitrogens with one attached hydrogen (secondary N) is 1. The van der Waals surface area contributed by atoms with Gasteiger partial charge in [-0.05, 0) is 36.8 Å². The molecule has 0 aliphatic carbocycles. The number of aryl methyl sites for hydroxylation is 1. The summed E-state index contributed by atoms with van der Waals surface area (Å²) in [4.78, 5) is 16.5. The topological polar surface area (TPSA) is 59.3 Å². The van der Waals surface area contributed by atoms with Gasteiger partial charge >= 0.3 is 0 Å². The molecular weight excluding hydrogens is 356 g/mol. The van der Waals surface area contributed by atoms with Crippen molar-refractivity contribution in [2.24, 2.45) is 5.10 Å². The number of benzene rings is 2. The molecule has 0 spiro atoms. The van der Waals surface area contributed by atoms with Crippen LogP contribution in [0.15, 0.2) is 58.1 Å². The zero-order valence-corrected chi connectivity index (χ0v) is 14.1. The quantitative estimate of drug-likeness (QED) is 0.565. The average molecular weight is 371 g/mol. The molecular formula is C17H15BrN4O. The lowest BCUT2D eigenvalue weighted by Gasteiger charge is -2.05. The lowest BCUT2D eigenvalue weighted by Crippen LogP contribution is -2.23. The number of amides is 1. The van der Waals surface area contributed by atoms with E-state index >= 15 is 0 Å². The van der Waals surface area contributed by atoms with E-state index in [9.17, 15) is 4.79 Å². The van der Waals surface area contributed by atoms with Crippen LogP contribution in [-0.4, -0.2) is 21.7 Å². The van der Waals surface area contributed by atoms with E-state index in [0.29, 0.717) is 0 Å². The molecule has 0 atom stereocenters. The van der Waals surface area contributed by atoms with Crippen molar-refractivity contribution in [3.63, 3.8) is 0 Å². The van der Waals surface area contributed by atoms with Crippen molar-refractivity contribution in [1.82, 2.24) is 15.0 Å². The molecule has 0 bridgehead atoms. The summed E-state index contributed by atoms with van der Waals surface area (Å²) in [6.45, 7) is 2.07. The summed E-state index contributed by atoms with van der Waals surface area (Å²) in [5.74, 6) is 0.611. The molecule has 0 unspecified atom stereocenters. The highest BCUT2D eigenvalue weighted by molar-refractivity contribution is 9.10. The largest absolute Gasteiger partial charge is 0.319 e. The van der Waals surface area contributed by atoms with E-state index < -0.39 is 0 Å². The number of rotatable bonds is 4.